The molecule has 0 aromatic heterocycles. The number of anilines is 1. The minimum atomic E-state index is -1.39. The Morgan fingerprint density at radius 2 is 1.97 bits per heavy atom. The van der Waals surface area contributed by atoms with Gasteiger partial charge in [-0.15, -0.1) is 0 Å². The van der Waals surface area contributed by atoms with Crippen LogP contribution in [0.3, 0.4) is 0 Å². The largest absolute Gasteiger partial charge is 0.505 e. The highest BCUT2D eigenvalue weighted by atomic mass is 16.6. The Labute approximate surface area is 209 Å². The Hall–Kier alpha value is -3.63. The highest BCUT2D eigenvalue weighted by Gasteiger charge is 2.41. The number of carbonyl (C=O) groups excluding carboxylic acids is 5. The van der Waals surface area contributed by atoms with E-state index in [-0.39, 0.29) is 23.6 Å². The van der Waals surface area contributed by atoms with Crippen molar-refractivity contribution in [2.45, 2.75) is 71.6 Å². The van der Waals surface area contributed by atoms with Crippen molar-refractivity contribution in [2.75, 3.05) is 11.9 Å². The number of para-hydroxylation sites is 1. The number of amides is 2. The van der Waals surface area contributed by atoms with E-state index in [0.717, 1.165) is 6.42 Å². The number of aromatic hydroxyl groups is 1. The molecule has 1 aliphatic rings. The first-order valence-corrected chi connectivity index (χ1v) is 12.0. The predicted octanol–water partition coefficient (Wildman–Crippen LogP) is 2.31. The molecule has 0 spiro atoms. The van der Waals surface area contributed by atoms with E-state index >= 15 is 0 Å². The zero-order valence-electron chi connectivity index (χ0n) is 20.9. The second-order valence-corrected chi connectivity index (χ2v) is 9.06. The highest BCUT2D eigenvalue weighted by molar-refractivity contribution is 6.01. The number of hydrogen-bond acceptors (Lipinski definition) is 9. The van der Waals surface area contributed by atoms with Gasteiger partial charge in [-0.2, -0.15) is 0 Å². The second-order valence-electron chi connectivity index (χ2n) is 9.06. The average Bonchev–Trinajstić information content (AvgIpc) is 2.84. The summed E-state index contributed by atoms with van der Waals surface area (Å²) in [6.07, 6.45) is 0.226. The maximum Gasteiger partial charge on any atom is 0.332 e. The Morgan fingerprint density at radius 1 is 1.25 bits per heavy atom. The first kappa shape index (κ1) is 28.6. The third-order valence-corrected chi connectivity index (χ3v) is 5.65. The number of unbranched alkanes of at least 4 members (excludes halogenated alkanes) is 1. The number of hydrogen-bond donors (Lipinski definition) is 3. The van der Waals surface area contributed by atoms with Gasteiger partial charge in [-0.3, -0.25) is 19.2 Å². The van der Waals surface area contributed by atoms with Gasteiger partial charge in [0.1, 0.15) is 12.7 Å². The third-order valence-electron chi connectivity index (χ3n) is 5.65. The van der Waals surface area contributed by atoms with Crippen molar-refractivity contribution in [2.24, 2.45) is 11.8 Å². The van der Waals surface area contributed by atoms with Crippen LogP contribution < -0.4 is 10.6 Å². The molecule has 1 aliphatic heterocycles. The second kappa shape index (κ2) is 13.5. The van der Waals surface area contributed by atoms with Crippen molar-refractivity contribution in [3.63, 3.8) is 0 Å². The van der Waals surface area contributed by atoms with Crippen molar-refractivity contribution in [1.29, 1.82) is 0 Å². The molecular formula is C25H34N2O9. The van der Waals surface area contributed by atoms with E-state index < -0.39 is 60.3 Å². The molecule has 0 radical (unpaired) electrons. The number of phenolic OH excluding ortho intramolecular Hbond substituents is 1. The SMILES string of the molecule is CCCCC1C(=O)OCC(NC(=O)c2cccc(NC=O)c2O)C(=O)OC(C)C1OC(=O)CC(C)C. The standard InChI is InChI=1S/C25H34N2O9/c1-5-6-8-17-22(36-20(29)11-14(2)3)15(4)35-25(33)19(12-34-24(17)32)27-23(31)16-9-7-10-18(21(16)30)26-13-28/h7,9-10,13-15,17,19,22,30H,5-6,8,11-12H2,1-4H3,(H,26,28)(H,27,31). The summed E-state index contributed by atoms with van der Waals surface area (Å²) in [6, 6.07) is 2.72. The fraction of sp³-hybridized carbons (Fsp3) is 0.560. The molecule has 4 unspecified atom stereocenters. The summed E-state index contributed by atoms with van der Waals surface area (Å²) in [6.45, 7) is 6.66. The number of carbonyl (C=O) groups is 5. The molecule has 1 saturated heterocycles. The van der Waals surface area contributed by atoms with Crippen LogP contribution in [0.15, 0.2) is 18.2 Å². The van der Waals surface area contributed by atoms with Crippen LogP contribution in [0.4, 0.5) is 5.69 Å². The summed E-state index contributed by atoms with van der Waals surface area (Å²) in [7, 11) is 0. The zero-order valence-corrected chi connectivity index (χ0v) is 20.9. The van der Waals surface area contributed by atoms with E-state index in [4.69, 9.17) is 14.2 Å². The number of benzene rings is 1. The molecule has 11 nitrogen and oxygen atoms in total. The molecule has 1 aromatic carbocycles. The Bertz CT molecular complexity index is 963. The van der Waals surface area contributed by atoms with Gasteiger partial charge in [-0.25, -0.2) is 4.79 Å². The molecule has 36 heavy (non-hydrogen) atoms. The number of phenols is 1. The quantitative estimate of drug-likeness (QED) is 0.187. The maximum atomic E-state index is 13.0. The lowest BCUT2D eigenvalue weighted by Gasteiger charge is -2.29. The minimum Gasteiger partial charge on any atom is -0.505 e. The third kappa shape index (κ3) is 7.69. The Morgan fingerprint density at radius 3 is 2.61 bits per heavy atom. The van der Waals surface area contributed by atoms with Crippen molar-refractivity contribution in [3.8, 4) is 5.75 Å². The van der Waals surface area contributed by atoms with Gasteiger partial charge < -0.3 is 30.0 Å². The van der Waals surface area contributed by atoms with Gasteiger partial charge in [0.2, 0.25) is 6.41 Å². The molecule has 0 aliphatic carbocycles. The van der Waals surface area contributed by atoms with Gasteiger partial charge in [-0.05, 0) is 31.4 Å². The smallest absolute Gasteiger partial charge is 0.332 e. The predicted molar refractivity (Wildman–Crippen MR) is 128 cm³/mol. The lowest BCUT2D eigenvalue weighted by atomic mass is 9.92. The maximum absolute atomic E-state index is 13.0. The summed E-state index contributed by atoms with van der Waals surface area (Å²) in [4.78, 5) is 61.8. The van der Waals surface area contributed by atoms with Gasteiger partial charge in [0.05, 0.1) is 17.2 Å². The van der Waals surface area contributed by atoms with E-state index in [1.165, 1.54) is 25.1 Å². The first-order chi connectivity index (χ1) is 17.1. The molecule has 2 rings (SSSR count). The molecule has 3 N–H and O–H groups in total. The summed E-state index contributed by atoms with van der Waals surface area (Å²) in [5.41, 5.74) is -0.213. The summed E-state index contributed by atoms with van der Waals surface area (Å²) in [5, 5.41) is 14.9. The van der Waals surface area contributed by atoms with Gasteiger partial charge in [0.15, 0.2) is 17.9 Å². The Kier molecular flexibility index (Phi) is 10.7. The van der Waals surface area contributed by atoms with Gasteiger partial charge in [-0.1, -0.05) is 39.7 Å². The molecule has 198 valence electrons. The van der Waals surface area contributed by atoms with E-state index in [0.29, 0.717) is 19.3 Å². The zero-order chi connectivity index (χ0) is 26.8. The van der Waals surface area contributed by atoms with Crippen LogP contribution in [0.1, 0.15) is 63.7 Å². The normalized spacial score (nSPS) is 22.4. The van der Waals surface area contributed by atoms with Gasteiger partial charge >= 0.3 is 17.9 Å². The minimum absolute atomic E-state index is 0.000404. The molecule has 0 saturated carbocycles. The van der Waals surface area contributed by atoms with E-state index in [1.807, 2.05) is 20.8 Å². The first-order valence-electron chi connectivity index (χ1n) is 12.0. The van der Waals surface area contributed by atoms with E-state index in [2.05, 4.69) is 10.6 Å². The average molecular weight is 507 g/mol. The van der Waals surface area contributed by atoms with Crippen molar-refractivity contribution in [1.82, 2.24) is 5.32 Å². The van der Waals surface area contributed by atoms with Crippen LogP contribution in [0.25, 0.3) is 0 Å². The lowest BCUT2D eigenvalue weighted by Crippen LogP contribution is -2.46. The molecule has 1 aromatic rings. The summed E-state index contributed by atoms with van der Waals surface area (Å²) in [5.74, 6) is -4.26. The molecule has 4 atom stereocenters. The molecule has 1 fully saturated rings. The molecule has 0 bridgehead atoms. The highest BCUT2D eigenvalue weighted by Crippen LogP contribution is 2.28. The number of esters is 3. The number of cyclic esters (lactones) is 2. The van der Waals surface area contributed by atoms with Crippen molar-refractivity contribution < 1.29 is 43.3 Å². The molecule has 11 heteroatoms. The number of nitrogens with one attached hydrogen (secondary N) is 2. The van der Waals surface area contributed by atoms with Crippen molar-refractivity contribution in [3.05, 3.63) is 23.8 Å². The van der Waals surface area contributed by atoms with Crippen LogP contribution in [0.5, 0.6) is 5.75 Å². The fourth-order valence-electron chi connectivity index (χ4n) is 3.79. The monoisotopic (exact) mass is 506 g/mol. The molecule has 2 amide bonds. The van der Waals surface area contributed by atoms with Crippen molar-refractivity contribution >= 4 is 35.9 Å². The number of rotatable bonds is 10. The number of ether oxygens (including phenoxy) is 3. The van der Waals surface area contributed by atoms with Crippen LogP contribution in [-0.2, 0) is 33.4 Å². The van der Waals surface area contributed by atoms with Crippen LogP contribution in [-0.4, -0.2) is 60.2 Å². The van der Waals surface area contributed by atoms with E-state index in [1.54, 1.807) is 0 Å². The van der Waals surface area contributed by atoms with E-state index in [9.17, 15) is 29.1 Å². The molecular weight excluding hydrogens is 472 g/mol. The summed E-state index contributed by atoms with van der Waals surface area (Å²) < 4.78 is 16.5. The van der Waals surface area contributed by atoms with Gasteiger partial charge in [0, 0.05) is 6.42 Å². The van der Waals surface area contributed by atoms with Crippen LogP contribution in [0, 0.1) is 11.8 Å². The van der Waals surface area contributed by atoms with Crippen LogP contribution >= 0.6 is 0 Å². The van der Waals surface area contributed by atoms with Gasteiger partial charge in [0.25, 0.3) is 5.91 Å². The summed E-state index contributed by atoms with van der Waals surface area (Å²) >= 11 is 0. The lowest BCUT2D eigenvalue weighted by molar-refractivity contribution is -0.175. The topological polar surface area (TPSA) is 157 Å². The van der Waals surface area contributed by atoms with Crippen LogP contribution in [0.2, 0.25) is 0 Å². The molecule has 1 heterocycles. The Balaban J connectivity index is 2.27. The fourth-order valence-corrected chi connectivity index (χ4v) is 3.79.